The fourth-order valence-corrected chi connectivity index (χ4v) is 2.24. The number of benzene rings is 2. The summed E-state index contributed by atoms with van der Waals surface area (Å²) in [5.41, 5.74) is 9.28. The molecule has 2 aromatic rings. The standard InChI is InChI=1S/C16H18ClNO/c1-11(18)9-12-3-5-13(6-4-12)14-7-8-15(17)16(10-14)19-2/h3-8,10-11H,9,18H2,1-2H3. The maximum Gasteiger partial charge on any atom is 0.138 e. The van der Waals surface area contributed by atoms with E-state index in [2.05, 4.69) is 24.3 Å². The minimum atomic E-state index is 0.182. The van der Waals surface area contributed by atoms with E-state index in [1.165, 1.54) is 5.56 Å². The molecule has 2 aromatic carbocycles. The van der Waals surface area contributed by atoms with Gasteiger partial charge in [-0.25, -0.2) is 0 Å². The van der Waals surface area contributed by atoms with Crippen LogP contribution in [0.4, 0.5) is 0 Å². The minimum absolute atomic E-state index is 0.182. The van der Waals surface area contributed by atoms with Crippen LogP contribution in [0.25, 0.3) is 11.1 Å². The molecular weight excluding hydrogens is 258 g/mol. The maximum absolute atomic E-state index is 6.03. The number of ether oxygens (including phenoxy) is 1. The average Bonchev–Trinajstić information content (AvgIpc) is 2.40. The second-order valence-corrected chi connectivity index (χ2v) is 5.13. The Kier molecular flexibility index (Phi) is 4.46. The zero-order valence-electron chi connectivity index (χ0n) is 11.2. The largest absolute Gasteiger partial charge is 0.495 e. The highest BCUT2D eigenvalue weighted by atomic mass is 35.5. The van der Waals surface area contributed by atoms with Gasteiger partial charge < -0.3 is 10.5 Å². The lowest BCUT2D eigenvalue weighted by Gasteiger charge is -2.09. The topological polar surface area (TPSA) is 35.2 Å². The van der Waals surface area contributed by atoms with Gasteiger partial charge in [0.2, 0.25) is 0 Å². The van der Waals surface area contributed by atoms with Crippen LogP contribution in [0.2, 0.25) is 5.02 Å². The first-order valence-electron chi connectivity index (χ1n) is 6.28. The Labute approximate surface area is 119 Å². The van der Waals surface area contributed by atoms with E-state index in [-0.39, 0.29) is 6.04 Å². The van der Waals surface area contributed by atoms with Crippen LogP contribution in [-0.2, 0) is 6.42 Å². The highest BCUT2D eigenvalue weighted by molar-refractivity contribution is 6.32. The summed E-state index contributed by atoms with van der Waals surface area (Å²) in [6, 6.07) is 14.4. The fraction of sp³-hybridized carbons (Fsp3) is 0.250. The van der Waals surface area contributed by atoms with Crippen molar-refractivity contribution >= 4 is 11.6 Å². The summed E-state index contributed by atoms with van der Waals surface area (Å²) in [6.07, 6.45) is 0.893. The first-order valence-corrected chi connectivity index (χ1v) is 6.66. The van der Waals surface area contributed by atoms with Crippen molar-refractivity contribution in [1.82, 2.24) is 0 Å². The molecule has 0 aliphatic heterocycles. The monoisotopic (exact) mass is 275 g/mol. The van der Waals surface area contributed by atoms with Gasteiger partial charge in [-0.15, -0.1) is 0 Å². The summed E-state index contributed by atoms with van der Waals surface area (Å²) in [7, 11) is 1.62. The molecule has 0 saturated heterocycles. The Hall–Kier alpha value is -1.51. The Morgan fingerprint density at radius 3 is 2.32 bits per heavy atom. The van der Waals surface area contributed by atoms with Gasteiger partial charge in [0.25, 0.3) is 0 Å². The van der Waals surface area contributed by atoms with Crippen molar-refractivity contribution in [2.24, 2.45) is 5.73 Å². The number of rotatable bonds is 4. The Morgan fingerprint density at radius 1 is 1.11 bits per heavy atom. The van der Waals surface area contributed by atoms with Crippen LogP contribution >= 0.6 is 11.6 Å². The van der Waals surface area contributed by atoms with E-state index in [0.717, 1.165) is 17.5 Å². The normalized spacial score (nSPS) is 12.2. The second kappa shape index (κ2) is 6.09. The Balaban J connectivity index is 2.27. The van der Waals surface area contributed by atoms with Gasteiger partial charge in [-0.3, -0.25) is 0 Å². The van der Waals surface area contributed by atoms with Crippen LogP contribution in [0.3, 0.4) is 0 Å². The third-order valence-electron chi connectivity index (χ3n) is 3.00. The molecule has 19 heavy (non-hydrogen) atoms. The van der Waals surface area contributed by atoms with Gasteiger partial charge in [0.1, 0.15) is 5.75 Å². The quantitative estimate of drug-likeness (QED) is 0.918. The van der Waals surface area contributed by atoms with Crippen molar-refractivity contribution in [1.29, 1.82) is 0 Å². The SMILES string of the molecule is COc1cc(-c2ccc(CC(C)N)cc2)ccc1Cl. The zero-order valence-corrected chi connectivity index (χ0v) is 11.9. The van der Waals surface area contributed by atoms with Gasteiger partial charge in [-0.05, 0) is 42.2 Å². The fourth-order valence-electron chi connectivity index (χ4n) is 2.04. The van der Waals surface area contributed by atoms with Gasteiger partial charge in [0.05, 0.1) is 12.1 Å². The number of methoxy groups -OCH3 is 1. The minimum Gasteiger partial charge on any atom is -0.495 e. The number of hydrogen-bond acceptors (Lipinski definition) is 2. The lowest BCUT2D eigenvalue weighted by Crippen LogP contribution is -2.17. The number of halogens is 1. The van der Waals surface area contributed by atoms with Crippen molar-refractivity contribution in [3.8, 4) is 16.9 Å². The molecule has 3 heteroatoms. The van der Waals surface area contributed by atoms with Crippen molar-refractivity contribution in [2.75, 3.05) is 7.11 Å². The van der Waals surface area contributed by atoms with Crippen LogP contribution in [0.15, 0.2) is 42.5 Å². The molecule has 0 amide bonds. The molecule has 100 valence electrons. The van der Waals surface area contributed by atoms with Gasteiger partial charge >= 0.3 is 0 Å². The zero-order chi connectivity index (χ0) is 13.8. The summed E-state index contributed by atoms with van der Waals surface area (Å²) >= 11 is 6.03. The van der Waals surface area contributed by atoms with E-state index in [0.29, 0.717) is 10.8 Å². The molecule has 1 unspecified atom stereocenters. The first kappa shape index (κ1) is 13.9. The molecule has 1 atom stereocenters. The predicted molar refractivity (Wildman–Crippen MR) is 80.8 cm³/mol. The summed E-state index contributed by atoms with van der Waals surface area (Å²) in [4.78, 5) is 0. The predicted octanol–water partition coefficient (Wildman–Crippen LogP) is 3.91. The average molecular weight is 276 g/mol. The Bertz CT molecular complexity index is 549. The highest BCUT2D eigenvalue weighted by Crippen LogP contribution is 2.30. The number of hydrogen-bond donors (Lipinski definition) is 1. The van der Waals surface area contributed by atoms with Crippen molar-refractivity contribution in [2.45, 2.75) is 19.4 Å². The molecule has 2 nitrogen and oxygen atoms in total. The summed E-state index contributed by atoms with van der Waals surface area (Å²) in [5.74, 6) is 0.693. The van der Waals surface area contributed by atoms with Gasteiger partial charge in [0.15, 0.2) is 0 Å². The lowest BCUT2D eigenvalue weighted by atomic mass is 10.0. The van der Waals surface area contributed by atoms with Crippen LogP contribution in [0.1, 0.15) is 12.5 Å². The smallest absolute Gasteiger partial charge is 0.138 e. The molecule has 0 aromatic heterocycles. The molecule has 0 radical (unpaired) electrons. The van der Waals surface area contributed by atoms with Crippen LogP contribution in [-0.4, -0.2) is 13.2 Å². The molecule has 0 fully saturated rings. The number of nitrogens with two attached hydrogens (primary N) is 1. The molecule has 0 saturated carbocycles. The van der Waals surface area contributed by atoms with Gasteiger partial charge in [-0.1, -0.05) is 41.9 Å². The maximum atomic E-state index is 6.03. The first-order chi connectivity index (χ1) is 9.10. The van der Waals surface area contributed by atoms with E-state index >= 15 is 0 Å². The van der Waals surface area contributed by atoms with E-state index in [1.807, 2.05) is 25.1 Å². The lowest BCUT2D eigenvalue weighted by molar-refractivity contribution is 0.415. The van der Waals surface area contributed by atoms with Crippen LogP contribution < -0.4 is 10.5 Å². The second-order valence-electron chi connectivity index (χ2n) is 4.73. The molecule has 2 rings (SSSR count). The third-order valence-corrected chi connectivity index (χ3v) is 3.31. The van der Waals surface area contributed by atoms with E-state index < -0.39 is 0 Å². The van der Waals surface area contributed by atoms with E-state index in [4.69, 9.17) is 22.1 Å². The van der Waals surface area contributed by atoms with Crippen molar-refractivity contribution in [3.63, 3.8) is 0 Å². The van der Waals surface area contributed by atoms with Crippen molar-refractivity contribution < 1.29 is 4.74 Å². The molecule has 0 spiro atoms. The van der Waals surface area contributed by atoms with Crippen LogP contribution in [0.5, 0.6) is 5.75 Å². The summed E-state index contributed by atoms with van der Waals surface area (Å²) < 4.78 is 5.24. The third kappa shape index (κ3) is 3.49. The summed E-state index contributed by atoms with van der Waals surface area (Å²) in [5, 5.41) is 0.625. The van der Waals surface area contributed by atoms with Crippen LogP contribution in [0, 0.1) is 0 Å². The van der Waals surface area contributed by atoms with E-state index in [1.54, 1.807) is 7.11 Å². The molecule has 2 N–H and O–H groups in total. The van der Waals surface area contributed by atoms with Gasteiger partial charge in [0, 0.05) is 6.04 Å². The molecule has 0 bridgehead atoms. The summed E-state index contributed by atoms with van der Waals surface area (Å²) in [6.45, 7) is 2.01. The molecular formula is C16H18ClNO. The highest BCUT2D eigenvalue weighted by Gasteiger charge is 2.04. The molecule has 0 aliphatic rings. The Morgan fingerprint density at radius 2 is 1.74 bits per heavy atom. The molecule has 0 aliphatic carbocycles. The van der Waals surface area contributed by atoms with E-state index in [9.17, 15) is 0 Å². The molecule has 0 heterocycles. The van der Waals surface area contributed by atoms with Gasteiger partial charge in [-0.2, -0.15) is 0 Å². The van der Waals surface area contributed by atoms with Crippen molar-refractivity contribution in [3.05, 3.63) is 53.1 Å².